The molecule has 4 heterocycles. The predicted molar refractivity (Wildman–Crippen MR) is 230 cm³/mol. The lowest BCUT2D eigenvalue weighted by molar-refractivity contribution is -0.359. The molecule has 2 saturated heterocycles. The number of benzene rings is 4. The molecule has 65 heavy (non-hydrogen) atoms. The lowest BCUT2D eigenvalue weighted by Crippen LogP contribution is -2.58. The molecular weight excluding hydrogens is 885 g/mol. The number of carbonyl (C=O) groups is 4. The van der Waals surface area contributed by atoms with Gasteiger partial charge in [-0.05, 0) is 36.4 Å². The first kappa shape index (κ1) is 46.0. The molecular formula is C47H48O16S2. The topological polar surface area (TPSA) is 179 Å². The number of carbonyl (C=O) groups excluding carboxylic acids is 4. The van der Waals surface area contributed by atoms with Crippen molar-refractivity contribution >= 4 is 47.4 Å². The molecule has 344 valence electrons. The van der Waals surface area contributed by atoms with Gasteiger partial charge in [0.2, 0.25) is 11.6 Å². The standard InChI is InChI=1S/C47H48O16S2/c1-29(48)52-17-21-56-37-15-13-35-43(41(37)58-23-19-54-31(3)50)64-39-11-7-5-9-33(39)46(35)60-25-45(26-61-46)27-62-47(63-28-45)34-10-6-8-12-40(34)65-44-36(47)14-16-38(57-22-18-53-30(2)49)42(44)59-24-20-55-32(4)51/h5-16H,17-28H2,1-4H3. The highest BCUT2D eigenvalue weighted by Gasteiger charge is 2.57. The van der Waals surface area contributed by atoms with Crippen LogP contribution < -0.4 is 18.9 Å². The van der Waals surface area contributed by atoms with Gasteiger partial charge in [0.25, 0.3) is 0 Å². The zero-order chi connectivity index (χ0) is 45.6. The SMILES string of the molecule is CC(=O)OCCOc1ccc2c(c1OCCOC(C)=O)Sc1ccccc1C21OCC2(CO1)COC1(OC2)c2ccccc2Sc2c1ccc(OCCOC(C)=O)c2OCCOC(C)=O. The average Bonchev–Trinajstić information content (AvgIpc) is 3.29. The number of esters is 4. The van der Waals surface area contributed by atoms with Crippen LogP contribution in [0.2, 0.25) is 0 Å². The van der Waals surface area contributed by atoms with Crippen molar-refractivity contribution in [3.63, 3.8) is 0 Å². The molecule has 4 aliphatic heterocycles. The molecule has 4 aromatic rings. The molecule has 0 atom stereocenters. The largest absolute Gasteiger partial charge is 0.486 e. The number of rotatable bonds is 16. The third-order valence-corrected chi connectivity index (χ3v) is 13.0. The smallest absolute Gasteiger partial charge is 0.302 e. The second-order valence-corrected chi connectivity index (χ2v) is 17.5. The first-order valence-corrected chi connectivity index (χ1v) is 22.6. The van der Waals surface area contributed by atoms with Gasteiger partial charge >= 0.3 is 23.9 Å². The normalized spacial score (nSPS) is 21.2. The van der Waals surface area contributed by atoms with Crippen molar-refractivity contribution in [1.82, 2.24) is 0 Å². The van der Waals surface area contributed by atoms with Gasteiger partial charge in [0.15, 0.2) is 23.0 Å². The van der Waals surface area contributed by atoms with Crippen molar-refractivity contribution < 1.29 is 76.0 Å². The molecule has 8 rings (SSSR count). The first-order chi connectivity index (χ1) is 31.4. The highest BCUT2D eigenvalue weighted by Crippen LogP contribution is 2.60. The third kappa shape index (κ3) is 9.74. The van der Waals surface area contributed by atoms with Crippen molar-refractivity contribution in [2.24, 2.45) is 5.41 Å². The van der Waals surface area contributed by atoms with E-state index < -0.39 is 40.9 Å². The maximum atomic E-state index is 11.6. The summed E-state index contributed by atoms with van der Waals surface area (Å²) < 4.78 is 73.2. The molecule has 0 aliphatic carbocycles. The highest BCUT2D eigenvalue weighted by atomic mass is 32.2. The number of fused-ring (bicyclic) bond motifs is 8. The van der Waals surface area contributed by atoms with Gasteiger partial charge in [0.05, 0.1) is 41.6 Å². The maximum Gasteiger partial charge on any atom is 0.302 e. The molecule has 16 nitrogen and oxygen atoms in total. The van der Waals surface area contributed by atoms with E-state index in [1.807, 2.05) is 60.7 Å². The van der Waals surface area contributed by atoms with E-state index in [1.165, 1.54) is 51.2 Å². The molecule has 3 spiro atoms. The quantitative estimate of drug-likeness (QED) is 0.0669. The Hall–Kier alpha value is -5.50. The summed E-state index contributed by atoms with van der Waals surface area (Å²) in [4.78, 5) is 49.1. The van der Waals surface area contributed by atoms with Crippen LogP contribution in [0, 0.1) is 5.41 Å². The van der Waals surface area contributed by atoms with Gasteiger partial charge in [-0.25, -0.2) is 0 Å². The van der Waals surface area contributed by atoms with Gasteiger partial charge < -0.3 is 56.8 Å². The van der Waals surface area contributed by atoms with Crippen molar-refractivity contribution in [1.29, 1.82) is 0 Å². The second kappa shape index (κ2) is 19.9. The van der Waals surface area contributed by atoms with Crippen LogP contribution in [0.25, 0.3) is 0 Å². The molecule has 2 fully saturated rings. The van der Waals surface area contributed by atoms with E-state index >= 15 is 0 Å². The zero-order valence-corrected chi connectivity index (χ0v) is 37.9. The summed E-state index contributed by atoms with van der Waals surface area (Å²) in [5.74, 6) is -2.82. The zero-order valence-electron chi connectivity index (χ0n) is 36.3. The predicted octanol–water partition coefficient (Wildman–Crippen LogP) is 6.57. The molecule has 4 aliphatic rings. The Labute approximate surface area is 383 Å². The van der Waals surface area contributed by atoms with Gasteiger partial charge in [0.1, 0.15) is 52.9 Å². The summed E-state index contributed by atoms with van der Waals surface area (Å²) in [5, 5.41) is 0. The number of hydrogen-bond donors (Lipinski definition) is 0. The van der Waals surface area contributed by atoms with E-state index in [4.69, 9.17) is 56.8 Å². The Morgan fingerprint density at radius 3 is 1.14 bits per heavy atom. The van der Waals surface area contributed by atoms with E-state index in [9.17, 15) is 19.2 Å². The van der Waals surface area contributed by atoms with Gasteiger partial charge in [-0.1, -0.05) is 59.9 Å². The summed E-state index contributed by atoms with van der Waals surface area (Å²) in [5.41, 5.74) is 2.28. The molecule has 0 aromatic heterocycles. The van der Waals surface area contributed by atoms with Crippen LogP contribution >= 0.6 is 23.5 Å². The minimum absolute atomic E-state index is 0.0138. The highest BCUT2D eigenvalue weighted by molar-refractivity contribution is 8.00. The van der Waals surface area contributed by atoms with Crippen LogP contribution in [0.15, 0.2) is 92.4 Å². The minimum atomic E-state index is -1.35. The van der Waals surface area contributed by atoms with Crippen LogP contribution in [0.4, 0.5) is 0 Å². The fourth-order valence-electron chi connectivity index (χ4n) is 7.78. The van der Waals surface area contributed by atoms with E-state index in [0.717, 1.165) is 20.9 Å². The molecule has 0 saturated carbocycles. The minimum Gasteiger partial charge on any atom is -0.486 e. The van der Waals surface area contributed by atoms with Crippen LogP contribution in [-0.4, -0.2) is 103 Å². The van der Waals surface area contributed by atoms with Crippen molar-refractivity contribution in [3.8, 4) is 23.0 Å². The van der Waals surface area contributed by atoms with Gasteiger partial charge in [-0.3, -0.25) is 19.2 Å². The van der Waals surface area contributed by atoms with Crippen LogP contribution in [0.1, 0.15) is 49.9 Å². The molecule has 0 N–H and O–H groups in total. The van der Waals surface area contributed by atoms with Gasteiger partial charge in [-0.15, -0.1) is 0 Å². The molecule has 18 heteroatoms. The fourth-order valence-corrected chi connectivity index (χ4v) is 10.3. The summed E-state index contributed by atoms with van der Waals surface area (Å²) >= 11 is 2.95. The Balaban J connectivity index is 1.08. The van der Waals surface area contributed by atoms with E-state index in [2.05, 4.69) is 0 Å². The van der Waals surface area contributed by atoms with Gasteiger partial charge in [0, 0.05) is 59.7 Å². The van der Waals surface area contributed by atoms with Crippen LogP contribution in [-0.2, 0) is 68.6 Å². The van der Waals surface area contributed by atoms with Crippen LogP contribution in [0.3, 0.4) is 0 Å². The summed E-state index contributed by atoms with van der Waals surface area (Å²) in [7, 11) is 0. The molecule has 4 aromatic carbocycles. The fraction of sp³-hybridized carbons (Fsp3) is 0.404. The van der Waals surface area contributed by atoms with Gasteiger partial charge in [-0.2, -0.15) is 0 Å². The Morgan fingerprint density at radius 2 is 0.785 bits per heavy atom. The Morgan fingerprint density at radius 1 is 0.446 bits per heavy atom. The first-order valence-electron chi connectivity index (χ1n) is 20.9. The monoisotopic (exact) mass is 932 g/mol. The maximum absolute atomic E-state index is 11.6. The summed E-state index contributed by atoms with van der Waals surface area (Å²) in [6.45, 7) is 6.42. The van der Waals surface area contributed by atoms with E-state index in [-0.39, 0.29) is 79.3 Å². The number of ether oxygens (including phenoxy) is 12. The van der Waals surface area contributed by atoms with Crippen molar-refractivity contribution in [2.45, 2.75) is 58.9 Å². The van der Waals surface area contributed by atoms with E-state index in [1.54, 1.807) is 12.1 Å². The lowest BCUT2D eigenvalue weighted by atomic mass is 9.85. The molecule has 0 unspecified atom stereocenters. The van der Waals surface area contributed by atoms with Crippen molar-refractivity contribution in [2.75, 3.05) is 79.3 Å². The summed E-state index contributed by atoms with van der Waals surface area (Å²) in [6.07, 6.45) is 0. The Kier molecular flexibility index (Phi) is 14.1. The Bertz CT molecular complexity index is 2250. The second-order valence-electron chi connectivity index (χ2n) is 15.4. The summed E-state index contributed by atoms with van der Waals surface area (Å²) in [6, 6.07) is 22.9. The van der Waals surface area contributed by atoms with E-state index in [0.29, 0.717) is 43.9 Å². The van der Waals surface area contributed by atoms with Crippen LogP contribution in [0.5, 0.6) is 23.0 Å². The average molecular weight is 933 g/mol. The lowest BCUT2D eigenvalue weighted by Gasteiger charge is -2.53. The van der Waals surface area contributed by atoms with Crippen molar-refractivity contribution in [3.05, 3.63) is 95.1 Å². The molecule has 0 bridgehead atoms. The molecule has 0 amide bonds. The third-order valence-electron chi connectivity index (χ3n) is 10.7. The number of hydrogen-bond acceptors (Lipinski definition) is 18. The molecule has 0 radical (unpaired) electrons.